The summed E-state index contributed by atoms with van der Waals surface area (Å²) in [6.45, 7) is 2.18. The number of pyridine rings is 1. The van der Waals surface area contributed by atoms with Crippen molar-refractivity contribution in [3.8, 4) is 0 Å². The number of hydrogen-bond acceptors (Lipinski definition) is 4. The van der Waals surface area contributed by atoms with Crippen LogP contribution in [0.4, 0.5) is 10.2 Å². The van der Waals surface area contributed by atoms with E-state index in [1.54, 1.807) is 28.6 Å². The molecule has 110 valence electrons. The molecule has 0 bridgehead atoms. The molecular formula is C14H13ClFN3OS. The highest BCUT2D eigenvalue weighted by Gasteiger charge is 2.25. The first-order valence-corrected chi connectivity index (χ1v) is 7.80. The summed E-state index contributed by atoms with van der Waals surface area (Å²) in [6.07, 6.45) is 1.57. The Balaban J connectivity index is 1.67. The minimum Gasteiger partial charge on any atom is -0.351 e. The summed E-state index contributed by atoms with van der Waals surface area (Å²) in [7, 11) is 0. The van der Waals surface area contributed by atoms with Gasteiger partial charge in [-0.05, 0) is 23.6 Å². The fourth-order valence-electron chi connectivity index (χ4n) is 2.32. The molecule has 0 spiro atoms. The number of aromatic nitrogens is 1. The van der Waals surface area contributed by atoms with E-state index in [0.717, 1.165) is 0 Å². The molecule has 21 heavy (non-hydrogen) atoms. The SMILES string of the molecule is O=C(c1sccc1Cl)N1CCN(c2ncccc2F)CC1. The molecule has 1 aliphatic rings. The molecule has 1 fully saturated rings. The van der Waals surface area contributed by atoms with E-state index in [-0.39, 0.29) is 11.7 Å². The molecule has 0 N–H and O–H groups in total. The number of nitrogens with zero attached hydrogens (tertiary/aromatic N) is 3. The van der Waals surface area contributed by atoms with Crippen molar-refractivity contribution in [1.29, 1.82) is 0 Å². The van der Waals surface area contributed by atoms with Gasteiger partial charge < -0.3 is 9.80 Å². The number of thiophene rings is 1. The van der Waals surface area contributed by atoms with Crippen molar-refractivity contribution >= 4 is 34.7 Å². The van der Waals surface area contributed by atoms with Gasteiger partial charge in [0.15, 0.2) is 11.6 Å². The first kappa shape index (κ1) is 14.3. The van der Waals surface area contributed by atoms with Crippen LogP contribution in [0.3, 0.4) is 0 Å². The fourth-order valence-corrected chi connectivity index (χ4v) is 3.42. The van der Waals surface area contributed by atoms with Crippen LogP contribution < -0.4 is 4.90 Å². The Labute approximate surface area is 130 Å². The first-order chi connectivity index (χ1) is 10.2. The van der Waals surface area contributed by atoms with Gasteiger partial charge >= 0.3 is 0 Å². The van der Waals surface area contributed by atoms with Crippen LogP contribution in [0, 0.1) is 5.82 Å². The van der Waals surface area contributed by atoms with Crippen molar-refractivity contribution in [2.45, 2.75) is 0 Å². The van der Waals surface area contributed by atoms with Gasteiger partial charge in [0.25, 0.3) is 5.91 Å². The van der Waals surface area contributed by atoms with Crippen LogP contribution in [-0.4, -0.2) is 42.0 Å². The molecule has 0 atom stereocenters. The predicted octanol–water partition coefficient (Wildman–Crippen LogP) is 2.90. The highest BCUT2D eigenvalue weighted by atomic mass is 35.5. The zero-order chi connectivity index (χ0) is 14.8. The van der Waals surface area contributed by atoms with Gasteiger partial charge in [0.05, 0.1) is 5.02 Å². The maximum atomic E-state index is 13.7. The van der Waals surface area contributed by atoms with Crippen LogP contribution in [0.2, 0.25) is 5.02 Å². The summed E-state index contributed by atoms with van der Waals surface area (Å²) in [5.41, 5.74) is 0. The molecule has 1 aliphatic heterocycles. The monoisotopic (exact) mass is 325 g/mol. The lowest BCUT2D eigenvalue weighted by atomic mass is 10.2. The molecule has 3 rings (SSSR count). The van der Waals surface area contributed by atoms with E-state index < -0.39 is 0 Å². The number of piperazine rings is 1. The lowest BCUT2D eigenvalue weighted by Gasteiger charge is -2.35. The van der Waals surface area contributed by atoms with E-state index in [4.69, 9.17) is 11.6 Å². The minimum atomic E-state index is -0.335. The second kappa shape index (κ2) is 5.99. The highest BCUT2D eigenvalue weighted by Crippen LogP contribution is 2.25. The summed E-state index contributed by atoms with van der Waals surface area (Å²) in [6, 6.07) is 4.68. The van der Waals surface area contributed by atoms with Gasteiger partial charge in [0.1, 0.15) is 4.88 Å². The average Bonchev–Trinajstić information content (AvgIpc) is 2.93. The lowest BCUT2D eigenvalue weighted by molar-refractivity contribution is 0.0751. The zero-order valence-electron chi connectivity index (χ0n) is 11.1. The smallest absolute Gasteiger partial charge is 0.265 e. The largest absolute Gasteiger partial charge is 0.351 e. The van der Waals surface area contributed by atoms with Gasteiger partial charge in [-0.1, -0.05) is 11.6 Å². The molecule has 0 aliphatic carbocycles. The van der Waals surface area contributed by atoms with Crippen molar-refractivity contribution in [3.63, 3.8) is 0 Å². The van der Waals surface area contributed by atoms with Crippen LogP contribution in [0.5, 0.6) is 0 Å². The topological polar surface area (TPSA) is 36.4 Å². The van der Waals surface area contributed by atoms with Gasteiger partial charge in [-0.2, -0.15) is 0 Å². The fraction of sp³-hybridized carbons (Fsp3) is 0.286. The average molecular weight is 326 g/mol. The number of rotatable bonds is 2. The van der Waals surface area contributed by atoms with E-state index in [9.17, 15) is 9.18 Å². The second-order valence-corrected chi connectivity index (χ2v) is 6.01. The van der Waals surface area contributed by atoms with E-state index in [1.807, 2.05) is 4.90 Å². The maximum absolute atomic E-state index is 13.7. The maximum Gasteiger partial charge on any atom is 0.265 e. The first-order valence-electron chi connectivity index (χ1n) is 6.54. The summed E-state index contributed by atoms with van der Waals surface area (Å²) in [5, 5.41) is 2.29. The molecule has 0 aromatic carbocycles. The van der Waals surface area contributed by atoms with Gasteiger partial charge in [-0.3, -0.25) is 4.79 Å². The number of amides is 1. The summed E-state index contributed by atoms with van der Waals surface area (Å²) in [4.78, 5) is 20.6. The Morgan fingerprint density at radius 2 is 2.05 bits per heavy atom. The molecule has 7 heteroatoms. The Morgan fingerprint density at radius 1 is 1.29 bits per heavy atom. The van der Waals surface area contributed by atoms with Crippen molar-refractivity contribution in [3.05, 3.63) is 45.5 Å². The molecule has 0 saturated carbocycles. The molecule has 3 heterocycles. The Bertz CT molecular complexity index is 655. The van der Waals surface area contributed by atoms with Crippen molar-refractivity contribution < 1.29 is 9.18 Å². The normalized spacial score (nSPS) is 15.3. The lowest BCUT2D eigenvalue weighted by Crippen LogP contribution is -2.49. The third-order valence-corrected chi connectivity index (χ3v) is 4.75. The quantitative estimate of drug-likeness (QED) is 0.852. The standard InChI is InChI=1S/C14H13ClFN3OS/c15-10-3-9-21-12(10)14(20)19-7-5-18(6-8-19)13-11(16)2-1-4-17-13/h1-4,9H,5-8H2. The molecule has 2 aromatic heterocycles. The number of halogens is 2. The third kappa shape index (κ3) is 2.87. The summed E-state index contributed by atoms with van der Waals surface area (Å²) >= 11 is 7.33. The number of carbonyl (C=O) groups is 1. The molecule has 1 amide bonds. The zero-order valence-corrected chi connectivity index (χ0v) is 12.7. The second-order valence-electron chi connectivity index (χ2n) is 4.69. The van der Waals surface area contributed by atoms with Gasteiger partial charge in [0, 0.05) is 32.4 Å². The molecular weight excluding hydrogens is 313 g/mol. The summed E-state index contributed by atoms with van der Waals surface area (Å²) in [5.74, 6) is -0.0477. The number of hydrogen-bond donors (Lipinski definition) is 0. The van der Waals surface area contributed by atoms with Crippen molar-refractivity contribution in [2.75, 3.05) is 31.1 Å². The van der Waals surface area contributed by atoms with Gasteiger partial charge in [-0.15, -0.1) is 11.3 Å². The number of anilines is 1. The highest BCUT2D eigenvalue weighted by molar-refractivity contribution is 7.12. The molecule has 4 nitrogen and oxygen atoms in total. The van der Waals surface area contributed by atoms with Crippen LogP contribution in [0.25, 0.3) is 0 Å². The van der Waals surface area contributed by atoms with Crippen molar-refractivity contribution in [1.82, 2.24) is 9.88 Å². The Hall–Kier alpha value is -1.66. The Kier molecular flexibility index (Phi) is 4.07. The Morgan fingerprint density at radius 3 is 2.67 bits per heavy atom. The summed E-state index contributed by atoms with van der Waals surface area (Å²) < 4.78 is 13.7. The van der Waals surface area contributed by atoms with E-state index in [2.05, 4.69) is 4.98 Å². The predicted molar refractivity (Wildman–Crippen MR) is 81.6 cm³/mol. The van der Waals surface area contributed by atoms with Crippen LogP contribution in [0.15, 0.2) is 29.8 Å². The van der Waals surface area contributed by atoms with Crippen LogP contribution >= 0.6 is 22.9 Å². The third-order valence-electron chi connectivity index (χ3n) is 3.42. The van der Waals surface area contributed by atoms with E-state index in [1.165, 1.54) is 17.4 Å². The molecule has 2 aromatic rings. The van der Waals surface area contributed by atoms with Gasteiger partial charge in [-0.25, -0.2) is 9.37 Å². The minimum absolute atomic E-state index is 0.0591. The number of carbonyl (C=O) groups excluding carboxylic acids is 1. The molecule has 1 saturated heterocycles. The van der Waals surface area contributed by atoms with E-state index >= 15 is 0 Å². The van der Waals surface area contributed by atoms with E-state index in [0.29, 0.717) is 41.9 Å². The molecule has 0 radical (unpaired) electrons. The molecule has 0 unspecified atom stereocenters. The van der Waals surface area contributed by atoms with Gasteiger partial charge in [0.2, 0.25) is 0 Å². The van der Waals surface area contributed by atoms with Crippen LogP contribution in [-0.2, 0) is 0 Å². The van der Waals surface area contributed by atoms with Crippen molar-refractivity contribution in [2.24, 2.45) is 0 Å². The van der Waals surface area contributed by atoms with Crippen LogP contribution in [0.1, 0.15) is 9.67 Å².